The molecular formula is C14H20N2O. The molecule has 92 valence electrons. The van der Waals surface area contributed by atoms with Gasteiger partial charge in [0.05, 0.1) is 0 Å². The molecule has 2 aliphatic rings. The fraction of sp³-hybridized carbons (Fsp3) is 0.571. The lowest BCUT2D eigenvalue weighted by Gasteiger charge is -2.29. The van der Waals surface area contributed by atoms with Crippen molar-refractivity contribution in [2.24, 2.45) is 0 Å². The summed E-state index contributed by atoms with van der Waals surface area (Å²) in [7, 11) is 2.18. The number of likely N-dealkylation sites (tertiary alicyclic amines) is 1. The Labute approximate surface area is 103 Å². The monoisotopic (exact) mass is 232 g/mol. The molecule has 0 amide bonds. The summed E-state index contributed by atoms with van der Waals surface area (Å²) in [5, 5.41) is 3.38. The maximum absolute atomic E-state index is 6.18. The number of fused-ring (bicyclic) bond motifs is 1. The number of nitrogens with zero attached hydrogens (tertiary/aromatic N) is 1. The normalized spacial score (nSPS) is 21.5. The molecule has 2 aliphatic heterocycles. The summed E-state index contributed by atoms with van der Waals surface area (Å²) >= 11 is 0. The molecule has 3 rings (SSSR count). The van der Waals surface area contributed by atoms with Gasteiger partial charge < -0.3 is 15.0 Å². The van der Waals surface area contributed by atoms with Crippen molar-refractivity contribution in [2.75, 3.05) is 20.1 Å². The van der Waals surface area contributed by atoms with Gasteiger partial charge in [0.2, 0.25) is 0 Å². The first-order valence-corrected chi connectivity index (χ1v) is 6.49. The Morgan fingerprint density at radius 3 is 2.88 bits per heavy atom. The van der Waals surface area contributed by atoms with Crippen molar-refractivity contribution < 1.29 is 4.74 Å². The van der Waals surface area contributed by atoms with Gasteiger partial charge in [-0.1, -0.05) is 12.1 Å². The van der Waals surface area contributed by atoms with Gasteiger partial charge in [0, 0.05) is 31.7 Å². The first-order valence-electron chi connectivity index (χ1n) is 6.49. The lowest BCUT2D eigenvalue weighted by molar-refractivity contribution is 0.113. The van der Waals surface area contributed by atoms with Gasteiger partial charge in [-0.2, -0.15) is 0 Å². The van der Waals surface area contributed by atoms with Crippen LogP contribution in [0, 0.1) is 0 Å². The Bertz CT molecular complexity index is 397. The predicted octanol–water partition coefficient (Wildman–Crippen LogP) is 1.76. The van der Waals surface area contributed by atoms with Crippen molar-refractivity contribution >= 4 is 0 Å². The smallest absolute Gasteiger partial charge is 0.124 e. The second-order valence-corrected chi connectivity index (χ2v) is 5.12. The molecule has 0 saturated carbocycles. The van der Waals surface area contributed by atoms with E-state index in [0.717, 1.165) is 44.8 Å². The summed E-state index contributed by atoms with van der Waals surface area (Å²) in [6.45, 7) is 4.24. The van der Waals surface area contributed by atoms with E-state index in [4.69, 9.17) is 4.74 Å². The van der Waals surface area contributed by atoms with Crippen molar-refractivity contribution in [3.63, 3.8) is 0 Å². The van der Waals surface area contributed by atoms with Crippen molar-refractivity contribution in [1.82, 2.24) is 10.2 Å². The van der Waals surface area contributed by atoms with Gasteiger partial charge >= 0.3 is 0 Å². The van der Waals surface area contributed by atoms with Crippen LogP contribution in [-0.4, -0.2) is 31.1 Å². The van der Waals surface area contributed by atoms with Crippen LogP contribution < -0.4 is 10.1 Å². The van der Waals surface area contributed by atoms with Crippen molar-refractivity contribution in [1.29, 1.82) is 0 Å². The van der Waals surface area contributed by atoms with Gasteiger partial charge in [-0.15, -0.1) is 0 Å². The summed E-state index contributed by atoms with van der Waals surface area (Å²) in [6, 6.07) is 6.41. The van der Waals surface area contributed by atoms with Crippen molar-refractivity contribution in [3.05, 3.63) is 29.3 Å². The molecule has 0 aliphatic carbocycles. The lowest BCUT2D eigenvalue weighted by atomic mass is 10.1. The van der Waals surface area contributed by atoms with E-state index in [9.17, 15) is 0 Å². The van der Waals surface area contributed by atoms with E-state index in [1.165, 1.54) is 11.1 Å². The Hall–Kier alpha value is -1.06. The van der Waals surface area contributed by atoms with Crippen LogP contribution in [0.2, 0.25) is 0 Å². The molecular weight excluding hydrogens is 212 g/mol. The molecule has 1 aromatic carbocycles. The van der Waals surface area contributed by atoms with Crippen LogP contribution in [0.1, 0.15) is 24.0 Å². The number of hydrogen-bond acceptors (Lipinski definition) is 3. The highest BCUT2D eigenvalue weighted by Gasteiger charge is 2.21. The van der Waals surface area contributed by atoms with E-state index in [-0.39, 0.29) is 0 Å². The van der Waals surface area contributed by atoms with E-state index < -0.39 is 0 Å². The van der Waals surface area contributed by atoms with E-state index in [1.807, 2.05) is 0 Å². The van der Waals surface area contributed by atoms with Crippen LogP contribution in [0.4, 0.5) is 0 Å². The average Bonchev–Trinajstić information content (AvgIpc) is 2.81. The van der Waals surface area contributed by atoms with Crippen molar-refractivity contribution in [3.8, 4) is 5.75 Å². The van der Waals surface area contributed by atoms with Crippen molar-refractivity contribution in [2.45, 2.75) is 32.0 Å². The molecule has 3 nitrogen and oxygen atoms in total. The maximum Gasteiger partial charge on any atom is 0.124 e. The molecule has 1 fully saturated rings. The minimum absolute atomic E-state index is 0.401. The molecule has 1 N–H and O–H groups in total. The fourth-order valence-corrected chi connectivity index (χ4v) is 2.69. The largest absolute Gasteiger partial charge is 0.490 e. The maximum atomic E-state index is 6.18. The summed E-state index contributed by atoms with van der Waals surface area (Å²) in [5.41, 5.74) is 2.77. The SMILES string of the molecule is CN1CCC(Oc2cccc3c2CNC3)CC1. The van der Waals surface area contributed by atoms with E-state index >= 15 is 0 Å². The van der Waals surface area contributed by atoms with Gasteiger partial charge in [0.15, 0.2) is 0 Å². The molecule has 3 heteroatoms. The van der Waals surface area contributed by atoms with Gasteiger partial charge in [-0.25, -0.2) is 0 Å². The zero-order chi connectivity index (χ0) is 11.7. The van der Waals surface area contributed by atoms with Crippen LogP contribution in [-0.2, 0) is 13.1 Å². The second kappa shape index (κ2) is 4.67. The molecule has 1 aromatic rings. The Balaban J connectivity index is 1.71. The quantitative estimate of drug-likeness (QED) is 0.841. The minimum Gasteiger partial charge on any atom is -0.490 e. The molecule has 0 radical (unpaired) electrons. The van der Waals surface area contributed by atoms with Crippen LogP contribution in [0.5, 0.6) is 5.75 Å². The van der Waals surface area contributed by atoms with Gasteiger partial charge in [0.25, 0.3) is 0 Å². The highest BCUT2D eigenvalue weighted by atomic mass is 16.5. The van der Waals surface area contributed by atoms with Crippen LogP contribution in [0.3, 0.4) is 0 Å². The number of hydrogen-bond donors (Lipinski definition) is 1. The summed E-state index contributed by atoms with van der Waals surface area (Å²) in [6.07, 6.45) is 2.69. The molecule has 0 aromatic heterocycles. The van der Waals surface area contributed by atoms with Gasteiger partial charge in [0.1, 0.15) is 11.9 Å². The molecule has 0 bridgehead atoms. The first kappa shape index (κ1) is 11.1. The zero-order valence-corrected chi connectivity index (χ0v) is 10.4. The third-order valence-corrected chi connectivity index (χ3v) is 3.81. The van der Waals surface area contributed by atoms with Crippen LogP contribution in [0.25, 0.3) is 0 Å². The number of rotatable bonds is 2. The fourth-order valence-electron chi connectivity index (χ4n) is 2.69. The third-order valence-electron chi connectivity index (χ3n) is 3.81. The summed E-state index contributed by atoms with van der Waals surface area (Å²) in [5.74, 6) is 1.10. The molecule has 2 heterocycles. The van der Waals surface area contributed by atoms with E-state index in [0.29, 0.717) is 6.10 Å². The molecule has 17 heavy (non-hydrogen) atoms. The van der Waals surface area contributed by atoms with Crippen LogP contribution >= 0.6 is 0 Å². The van der Waals surface area contributed by atoms with Gasteiger partial charge in [-0.05, 0) is 31.5 Å². The predicted molar refractivity (Wildman–Crippen MR) is 68.1 cm³/mol. The average molecular weight is 232 g/mol. The Morgan fingerprint density at radius 1 is 1.24 bits per heavy atom. The Morgan fingerprint density at radius 2 is 2.06 bits per heavy atom. The summed E-state index contributed by atoms with van der Waals surface area (Å²) < 4.78 is 6.18. The van der Waals surface area contributed by atoms with E-state index in [1.54, 1.807) is 0 Å². The number of ether oxygens (including phenoxy) is 1. The van der Waals surface area contributed by atoms with Gasteiger partial charge in [-0.3, -0.25) is 0 Å². The highest BCUT2D eigenvalue weighted by Crippen LogP contribution is 2.28. The zero-order valence-electron chi connectivity index (χ0n) is 10.4. The summed E-state index contributed by atoms with van der Waals surface area (Å²) in [4.78, 5) is 2.37. The molecule has 0 spiro atoms. The first-order chi connectivity index (χ1) is 8.33. The topological polar surface area (TPSA) is 24.5 Å². The number of benzene rings is 1. The molecule has 0 atom stereocenters. The minimum atomic E-state index is 0.401. The molecule has 1 saturated heterocycles. The molecule has 0 unspecified atom stereocenters. The Kier molecular flexibility index (Phi) is 3.04. The van der Waals surface area contributed by atoms with Crippen LogP contribution in [0.15, 0.2) is 18.2 Å². The number of piperidine rings is 1. The third kappa shape index (κ3) is 2.31. The standard InChI is InChI=1S/C14H20N2O/c1-16-7-5-12(6-8-16)17-14-4-2-3-11-9-15-10-13(11)14/h2-4,12,15H,5-10H2,1H3. The number of nitrogens with one attached hydrogen (secondary N) is 1. The lowest BCUT2D eigenvalue weighted by Crippen LogP contribution is -2.35. The van der Waals surface area contributed by atoms with E-state index in [2.05, 4.69) is 35.5 Å². The second-order valence-electron chi connectivity index (χ2n) is 5.12. The highest BCUT2D eigenvalue weighted by molar-refractivity contribution is 5.42.